The Labute approximate surface area is 214 Å². The van der Waals surface area contributed by atoms with Gasteiger partial charge in [0.1, 0.15) is 5.00 Å². The number of anilines is 1. The molecule has 7 nitrogen and oxygen atoms in total. The zero-order valence-corrected chi connectivity index (χ0v) is 21.9. The van der Waals surface area contributed by atoms with Crippen molar-refractivity contribution in [2.24, 2.45) is 0 Å². The number of rotatable bonds is 9. The maximum atomic E-state index is 12.9. The Kier molecular flexibility index (Phi) is 8.07. The fraction of sp³-hybridized carbons (Fsp3) is 0.385. The van der Waals surface area contributed by atoms with E-state index in [1.807, 2.05) is 43.5 Å². The van der Waals surface area contributed by atoms with E-state index < -0.39 is 0 Å². The van der Waals surface area contributed by atoms with Crippen LogP contribution in [-0.4, -0.2) is 38.5 Å². The van der Waals surface area contributed by atoms with Gasteiger partial charge in [-0.3, -0.25) is 9.36 Å². The van der Waals surface area contributed by atoms with Gasteiger partial charge in [0.05, 0.1) is 17.4 Å². The van der Waals surface area contributed by atoms with Crippen LogP contribution in [0.1, 0.15) is 53.1 Å². The standard InChI is InChI=1S/C26H30N4O3S2/c1-5-13-30-23(18-10-8-9-17(4)14-18)28-29-26(30)34-15-21(31)27-24-22(25(32)33-16(2)3)19-11-6-7-12-20(19)35-24/h5,8-10,14,16H,1,6-7,11-13,15H2,2-4H3,(H,27,31). The Morgan fingerprint density at radius 1 is 1.29 bits per heavy atom. The quantitative estimate of drug-likeness (QED) is 0.227. The summed E-state index contributed by atoms with van der Waals surface area (Å²) in [7, 11) is 0. The highest BCUT2D eigenvalue weighted by atomic mass is 32.2. The number of hydrogen-bond donors (Lipinski definition) is 1. The van der Waals surface area contributed by atoms with Crippen LogP contribution in [0.15, 0.2) is 42.1 Å². The highest BCUT2D eigenvalue weighted by molar-refractivity contribution is 7.99. The molecule has 2 aromatic heterocycles. The third-order valence-electron chi connectivity index (χ3n) is 5.61. The summed E-state index contributed by atoms with van der Waals surface area (Å²) in [6, 6.07) is 8.07. The Bertz CT molecular complexity index is 1250. The third kappa shape index (κ3) is 5.85. The summed E-state index contributed by atoms with van der Waals surface area (Å²) < 4.78 is 7.44. The summed E-state index contributed by atoms with van der Waals surface area (Å²) >= 11 is 2.80. The molecule has 0 bridgehead atoms. The van der Waals surface area contributed by atoms with Crippen LogP contribution in [0.4, 0.5) is 5.00 Å². The SMILES string of the molecule is C=CCn1c(SCC(=O)Nc2sc3c(c2C(=O)OC(C)C)CCCC3)nnc1-c1cccc(C)c1. The first-order valence-electron chi connectivity index (χ1n) is 11.8. The molecule has 2 heterocycles. The highest BCUT2D eigenvalue weighted by Gasteiger charge is 2.28. The van der Waals surface area contributed by atoms with Gasteiger partial charge in [0.2, 0.25) is 5.91 Å². The molecule has 1 aliphatic rings. The maximum absolute atomic E-state index is 12.9. The second-order valence-corrected chi connectivity index (χ2v) is 10.8. The predicted octanol–water partition coefficient (Wildman–Crippen LogP) is 5.68. The molecule has 9 heteroatoms. The van der Waals surface area contributed by atoms with Crippen LogP contribution >= 0.6 is 23.1 Å². The molecule has 1 amide bonds. The van der Waals surface area contributed by atoms with Crippen molar-refractivity contribution in [1.82, 2.24) is 14.8 Å². The summed E-state index contributed by atoms with van der Waals surface area (Å²) in [6.45, 7) is 10.1. The van der Waals surface area contributed by atoms with Gasteiger partial charge in [-0.15, -0.1) is 28.1 Å². The monoisotopic (exact) mass is 510 g/mol. The molecule has 0 fully saturated rings. The van der Waals surface area contributed by atoms with E-state index in [0.29, 0.717) is 22.3 Å². The first kappa shape index (κ1) is 25.2. The summed E-state index contributed by atoms with van der Waals surface area (Å²) in [5.74, 6) is 0.319. The molecule has 0 unspecified atom stereocenters. The normalized spacial score (nSPS) is 12.9. The first-order chi connectivity index (χ1) is 16.9. The van der Waals surface area contributed by atoms with Gasteiger partial charge in [0.25, 0.3) is 0 Å². The summed E-state index contributed by atoms with van der Waals surface area (Å²) in [5.41, 5.74) is 3.65. The van der Waals surface area contributed by atoms with E-state index in [1.165, 1.54) is 28.0 Å². The molecule has 0 spiro atoms. The number of allylic oxidation sites excluding steroid dienone is 1. The second-order valence-electron chi connectivity index (χ2n) is 8.78. The molecule has 3 aromatic rings. The maximum Gasteiger partial charge on any atom is 0.341 e. The topological polar surface area (TPSA) is 86.1 Å². The molecule has 4 rings (SSSR count). The number of aromatic nitrogens is 3. The van der Waals surface area contributed by atoms with Crippen molar-refractivity contribution < 1.29 is 14.3 Å². The van der Waals surface area contributed by atoms with Crippen molar-refractivity contribution in [2.45, 2.75) is 64.3 Å². The van der Waals surface area contributed by atoms with E-state index in [2.05, 4.69) is 28.2 Å². The van der Waals surface area contributed by atoms with Crippen molar-refractivity contribution >= 4 is 40.0 Å². The van der Waals surface area contributed by atoms with E-state index in [9.17, 15) is 9.59 Å². The van der Waals surface area contributed by atoms with E-state index in [-0.39, 0.29) is 23.7 Å². The van der Waals surface area contributed by atoms with Crippen LogP contribution in [0, 0.1) is 6.92 Å². The van der Waals surface area contributed by atoms with Gasteiger partial charge in [0.15, 0.2) is 11.0 Å². The Hall–Kier alpha value is -2.91. The number of hydrogen-bond acceptors (Lipinski definition) is 7. The molecule has 0 saturated carbocycles. The molecule has 1 aliphatic carbocycles. The fourth-order valence-electron chi connectivity index (χ4n) is 4.12. The molecule has 0 saturated heterocycles. The molecule has 0 aliphatic heterocycles. The van der Waals surface area contributed by atoms with Crippen molar-refractivity contribution in [2.75, 3.05) is 11.1 Å². The Morgan fingerprint density at radius 3 is 2.83 bits per heavy atom. The minimum absolute atomic E-state index is 0.143. The van der Waals surface area contributed by atoms with Crippen LogP contribution < -0.4 is 5.32 Å². The van der Waals surface area contributed by atoms with Gasteiger partial charge < -0.3 is 10.1 Å². The third-order valence-corrected chi connectivity index (χ3v) is 7.78. The van der Waals surface area contributed by atoms with Gasteiger partial charge in [-0.2, -0.15) is 0 Å². The number of fused-ring (bicyclic) bond motifs is 1. The van der Waals surface area contributed by atoms with Crippen LogP contribution in [0.2, 0.25) is 0 Å². The number of nitrogens with one attached hydrogen (secondary N) is 1. The average Bonchev–Trinajstić information content (AvgIpc) is 3.38. The number of thiophene rings is 1. The summed E-state index contributed by atoms with van der Waals surface area (Å²) in [6.07, 6.45) is 5.47. The number of thioether (sulfide) groups is 1. The first-order valence-corrected chi connectivity index (χ1v) is 13.6. The number of benzene rings is 1. The number of carbonyl (C=O) groups excluding carboxylic acids is 2. The molecular weight excluding hydrogens is 480 g/mol. The second kappa shape index (κ2) is 11.2. The van der Waals surface area contributed by atoms with E-state index >= 15 is 0 Å². The summed E-state index contributed by atoms with van der Waals surface area (Å²) in [5, 5.41) is 12.9. The zero-order valence-electron chi connectivity index (χ0n) is 20.3. The number of esters is 1. The van der Waals surface area contributed by atoms with E-state index in [0.717, 1.165) is 48.2 Å². The van der Waals surface area contributed by atoms with Crippen molar-refractivity contribution in [3.63, 3.8) is 0 Å². The van der Waals surface area contributed by atoms with Crippen molar-refractivity contribution in [1.29, 1.82) is 0 Å². The molecule has 1 N–H and O–H groups in total. The van der Waals surface area contributed by atoms with Gasteiger partial charge in [-0.05, 0) is 58.1 Å². The molecule has 1 aromatic carbocycles. The molecule has 184 valence electrons. The van der Waals surface area contributed by atoms with Crippen LogP contribution in [0.3, 0.4) is 0 Å². The Balaban J connectivity index is 1.51. The number of aryl methyl sites for hydroxylation is 2. The largest absolute Gasteiger partial charge is 0.459 e. The number of ether oxygens (including phenoxy) is 1. The molecule has 0 atom stereocenters. The fourth-order valence-corrected chi connectivity index (χ4v) is 6.16. The van der Waals surface area contributed by atoms with Crippen molar-refractivity contribution in [3.05, 3.63) is 58.5 Å². The van der Waals surface area contributed by atoms with Gasteiger partial charge in [-0.1, -0.05) is 41.6 Å². The number of nitrogens with zero attached hydrogens (tertiary/aromatic N) is 3. The Morgan fingerprint density at radius 2 is 2.09 bits per heavy atom. The van der Waals surface area contributed by atoms with Gasteiger partial charge in [-0.25, -0.2) is 4.79 Å². The number of amides is 1. The zero-order chi connectivity index (χ0) is 24.9. The van der Waals surface area contributed by atoms with Crippen molar-refractivity contribution in [3.8, 4) is 11.4 Å². The predicted molar refractivity (Wildman–Crippen MR) is 141 cm³/mol. The molecule has 35 heavy (non-hydrogen) atoms. The van der Waals surface area contributed by atoms with Crippen LogP contribution in [0.25, 0.3) is 11.4 Å². The smallest absolute Gasteiger partial charge is 0.341 e. The minimum atomic E-state index is -0.365. The van der Waals surface area contributed by atoms with Gasteiger partial charge in [0, 0.05) is 17.0 Å². The van der Waals surface area contributed by atoms with Gasteiger partial charge >= 0.3 is 5.97 Å². The lowest BCUT2D eigenvalue weighted by Crippen LogP contribution is -2.19. The average molecular weight is 511 g/mol. The summed E-state index contributed by atoms with van der Waals surface area (Å²) in [4.78, 5) is 26.9. The van der Waals surface area contributed by atoms with E-state index in [4.69, 9.17) is 4.74 Å². The van der Waals surface area contributed by atoms with Crippen LogP contribution in [0.5, 0.6) is 0 Å². The number of carbonyl (C=O) groups is 2. The van der Waals surface area contributed by atoms with Crippen LogP contribution in [-0.2, 0) is 28.9 Å². The lowest BCUT2D eigenvalue weighted by molar-refractivity contribution is -0.113. The highest BCUT2D eigenvalue weighted by Crippen LogP contribution is 2.39. The minimum Gasteiger partial charge on any atom is -0.459 e. The van der Waals surface area contributed by atoms with E-state index in [1.54, 1.807) is 6.08 Å². The molecular formula is C26H30N4O3S2. The lowest BCUT2D eigenvalue weighted by Gasteiger charge is -2.14. The lowest BCUT2D eigenvalue weighted by atomic mass is 9.95. The molecule has 0 radical (unpaired) electrons.